The minimum Gasteiger partial charge on any atom is -0.506 e. The van der Waals surface area contributed by atoms with Crippen LogP contribution in [-0.2, 0) is 12.8 Å². The van der Waals surface area contributed by atoms with E-state index in [9.17, 15) is 9.90 Å². The molecule has 0 unspecified atom stereocenters. The van der Waals surface area contributed by atoms with E-state index in [1.807, 2.05) is 18.3 Å². The lowest BCUT2D eigenvalue weighted by Gasteiger charge is -2.19. The molecule has 1 aliphatic carbocycles. The van der Waals surface area contributed by atoms with Crippen LogP contribution in [0.5, 0.6) is 5.75 Å². The molecule has 25 heavy (non-hydrogen) atoms. The number of aromatic amines is 1. The lowest BCUT2D eigenvalue weighted by Crippen LogP contribution is -2.08. The maximum absolute atomic E-state index is 11.9. The Bertz CT molecular complexity index is 1180. The second kappa shape index (κ2) is 5.39. The van der Waals surface area contributed by atoms with Crippen molar-refractivity contribution in [3.63, 3.8) is 0 Å². The lowest BCUT2D eigenvalue weighted by atomic mass is 9.88. The summed E-state index contributed by atoms with van der Waals surface area (Å²) >= 11 is 1.43. The molecule has 4 heterocycles. The molecule has 0 saturated carbocycles. The molecule has 0 fully saturated rings. The lowest BCUT2D eigenvalue weighted by molar-refractivity contribution is 0.481. The normalized spacial score (nSPS) is 14.1. The molecular formula is C19H15N3O2S. The van der Waals surface area contributed by atoms with Gasteiger partial charge in [-0.25, -0.2) is 4.98 Å². The molecule has 5 rings (SSSR count). The van der Waals surface area contributed by atoms with E-state index in [0.29, 0.717) is 10.2 Å². The van der Waals surface area contributed by atoms with Crippen molar-refractivity contribution in [3.8, 4) is 16.9 Å². The van der Waals surface area contributed by atoms with Gasteiger partial charge in [0.25, 0.3) is 5.56 Å². The fourth-order valence-electron chi connectivity index (χ4n) is 3.76. The van der Waals surface area contributed by atoms with E-state index in [1.54, 1.807) is 6.20 Å². The zero-order valence-corrected chi connectivity index (χ0v) is 14.2. The van der Waals surface area contributed by atoms with Gasteiger partial charge >= 0.3 is 0 Å². The average molecular weight is 349 g/mol. The number of hydrogen-bond donors (Lipinski definition) is 2. The maximum atomic E-state index is 11.9. The summed E-state index contributed by atoms with van der Waals surface area (Å²) in [6.45, 7) is 0. The third kappa shape index (κ3) is 2.17. The molecule has 1 aliphatic rings. The molecular weight excluding hydrogens is 334 g/mol. The summed E-state index contributed by atoms with van der Waals surface area (Å²) in [4.78, 5) is 24.9. The van der Waals surface area contributed by atoms with Gasteiger partial charge in [0.2, 0.25) is 0 Å². The number of nitrogens with one attached hydrogen (secondary N) is 1. The van der Waals surface area contributed by atoms with Gasteiger partial charge in [-0.3, -0.25) is 9.78 Å². The summed E-state index contributed by atoms with van der Waals surface area (Å²) in [5, 5.41) is 11.1. The molecule has 0 bridgehead atoms. The van der Waals surface area contributed by atoms with Crippen molar-refractivity contribution in [2.75, 3.05) is 0 Å². The van der Waals surface area contributed by atoms with Crippen molar-refractivity contribution in [2.45, 2.75) is 25.7 Å². The van der Waals surface area contributed by atoms with Crippen LogP contribution in [0.3, 0.4) is 0 Å². The van der Waals surface area contributed by atoms with Gasteiger partial charge in [0.05, 0.1) is 10.2 Å². The van der Waals surface area contributed by atoms with Crippen LogP contribution in [0, 0.1) is 0 Å². The van der Waals surface area contributed by atoms with Crippen molar-refractivity contribution >= 4 is 31.8 Å². The Labute approximate surface area is 147 Å². The van der Waals surface area contributed by atoms with Crippen molar-refractivity contribution in [1.29, 1.82) is 0 Å². The van der Waals surface area contributed by atoms with Crippen LogP contribution in [0.4, 0.5) is 0 Å². The molecule has 4 aromatic heterocycles. The zero-order valence-electron chi connectivity index (χ0n) is 13.4. The minimum absolute atomic E-state index is 0.0110. The molecule has 0 saturated heterocycles. The molecule has 0 aliphatic heterocycles. The Morgan fingerprint density at radius 1 is 1.24 bits per heavy atom. The first-order valence-corrected chi connectivity index (χ1v) is 9.14. The van der Waals surface area contributed by atoms with Gasteiger partial charge < -0.3 is 10.1 Å². The van der Waals surface area contributed by atoms with E-state index < -0.39 is 0 Å². The molecule has 0 atom stereocenters. The highest BCUT2D eigenvalue weighted by atomic mass is 32.1. The Morgan fingerprint density at radius 2 is 2.12 bits per heavy atom. The number of pyridine rings is 3. The average Bonchev–Trinajstić information content (AvgIpc) is 2.99. The van der Waals surface area contributed by atoms with Gasteiger partial charge in [-0.15, -0.1) is 11.3 Å². The molecule has 0 amide bonds. The van der Waals surface area contributed by atoms with Gasteiger partial charge in [-0.2, -0.15) is 0 Å². The van der Waals surface area contributed by atoms with E-state index in [2.05, 4.69) is 9.97 Å². The number of hydrogen-bond acceptors (Lipinski definition) is 5. The second-order valence-corrected chi connectivity index (χ2v) is 7.37. The number of H-pyrrole nitrogens is 1. The van der Waals surface area contributed by atoms with Crippen LogP contribution in [0.25, 0.3) is 31.6 Å². The molecule has 5 nitrogen and oxygen atoms in total. The fraction of sp³-hybridized carbons (Fsp3) is 0.211. The third-order valence-electron chi connectivity index (χ3n) is 4.82. The number of thiophene rings is 1. The summed E-state index contributed by atoms with van der Waals surface area (Å²) in [6.07, 6.45) is 7.84. The summed E-state index contributed by atoms with van der Waals surface area (Å²) in [7, 11) is 0. The number of fused-ring (bicyclic) bond motifs is 4. The summed E-state index contributed by atoms with van der Waals surface area (Å²) < 4.78 is 0.676. The van der Waals surface area contributed by atoms with Gasteiger partial charge in [-0.1, -0.05) is 6.07 Å². The number of rotatable bonds is 1. The van der Waals surface area contributed by atoms with Crippen LogP contribution in [0.15, 0.2) is 35.4 Å². The molecule has 2 N–H and O–H groups in total. The van der Waals surface area contributed by atoms with E-state index in [-0.39, 0.29) is 11.3 Å². The fourth-order valence-corrected chi connectivity index (χ4v) is 4.84. The highest BCUT2D eigenvalue weighted by Crippen LogP contribution is 2.44. The molecule has 0 spiro atoms. The smallest absolute Gasteiger partial charge is 0.252 e. The number of nitrogens with zero attached hydrogens (tertiary/aromatic N) is 2. The van der Waals surface area contributed by atoms with E-state index in [1.165, 1.54) is 23.0 Å². The monoisotopic (exact) mass is 349 g/mol. The van der Waals surface area contributed by atoms with E-state index in [0.717, 1.165) is 52.7 Å². The van der Waals surface area contributed by atoms with Crippen LogP contribution in [-0.4, -0.2) is 20.1 Å². The molecule has 4 aromatic rings. The van der Waals surface area contributed by atoms with Crippen molar-refractivity contribution < 1.29 is 5.11 Å². The topological polar surface area (TPSA) is 78.9 Å². The Morgan fingerprint density at radius 3 is 2.96 bits per heavy atom. The van der Waals surface area contributed by atoms with Crippen molar-refractivity contribution in [3.05, 3.63) is 52.2 Å². The van der Waals surface area contributed by atoms with E-state index in [4.69, 9.17) is 4.98 Å². The maximum Gasteiger partial charge on any atom is 0.252 e. The first-order chi connectivity index (χ1) is 12.2. The van der Waals surface area contributed by atoms with Gasteiger partial charge in [0.1, 0.15) is 10.6 Å². The summed E-state index contributed by atoms with van der Waals surface area (Å²) in [6, 6.07) is 5.19. The first-order valence-electron chi connectivity index (χ1n) is 8.33. The first kappa shape index (κ1) is 14.6. The Balaban J connectivity index is 2.02. The SMILES string of the molecule is O=c1cc(O)c2sc3nc4c(c(-c5cccnc5)c3c2[nH]1)CCCC4. The van der Waals surface area contributed by atoms with Crippen molar-refractivity contribution in [1.82, 2.24) is 15.0 Å². The van der Waals surface area contributed by atoms with Gasteiger partial charge in [0.15, 0.2) is 0 Å². The van der Waals surface area contributed by atoms with Crippen LogP contribution in [0.1, 0.15) is 24.1 Å². The predicted octanol–water partition coefficient (Wildman–Crippen LogP) is 3.78. The van der Waals surface area contributed by atoms with Crippen LogP contribution < -0.4 is 5.56 Å². The number of aryl methyl sites for hydroxylation is 1. The molecule has 6 heteroatoms. The Hall–Kier alpha value is -2.73. The number of aromatic hydroxyl groups is 1. The molecule has 0 radical (unpaired) electrons. The van der Waals surface area contributed by atoms with Gasteiger partial charge in [0, 0.05) is 40.7 Å². The van der Waals surface area contributed by atoms with Crippen molar-refractivity contribution in [2.24, 2.45) is 0 Å². The molecule has 0 aromatic carbocycles. The molecule has 124 valence electrons. The Kier molecular flexibility index (Phi) is 3.15. The highest BCUT2D eigenvalue weighted by molar-refractivity contribution is 7.25. The van der Waals surface area contributed by atoms with Crippen LogP contribution in [0.2, 0.25) is 0 Å². The van der Waals surface area contributed by atoms with Crippen LogP contribution >= 0.6 is 11.3 Å². The number of aromatic nitrogens is 3. The van der Waals surface area contributed by atoms with Gasteiger partial charge in [-0.05, 0) is 37.3 Å². The zero-order chi connectivity index (χ0) is 17.0. The quantitative estimate of drug-likeness (QED) is 0.548. The minimum atomic E-state index is -0.306. The van der Waals surface area contributed by atoms with E-state index >= 15 is 0 Å². The summed E-state index contributed by atoms with van der Waals surface area (Å²) in [5.41, 5.74) is 4.86. The summed E-state index contributed by atoms with van der Waals surface area (Å²) in [5.74, 6) is 0.0110. The largest absolute Gasteiger partial charge is 0.506 e. The predicted molar refractivity (Wildman–Crippen MR) is 99.3 cm³/mol. The second-order valence-electron chi connectivity index (χ2n) is 6.37. The standard InChI is InChI=1S/C19H15N3O2S/c23-13-8-14(24)22-17-16-15(10-4-3-7-20-9-10)11-5-1-2-6-12(11)21-19(16)25-18(13)17/h3-4,7-9H,1-2,5-6H2,(H2,22,23,24). The third-order valence-corrected chi connectivity index (χ3v) is 5.92. The highest BCUT2D eigenvalue weighted by Gasteiger charge is 2.23.